The second-order valence-electron chi connectivity index (χ2n) is 10.1. The molecule has 0 atom stereocenters. The maximum Gasteiger partial charge on any atom is 0.280 e. The molecule has 2 aliphatic rings. The van der Waals surface area contributed by atoms with E-state index in [1.165, 1.54) is 19.3 Å². The zero-order valence-electron chi connectivity index (χ0n) is 21.2. The van der Waals surface area contributed by atoms with Gasteiger partial charge < -0.3 is 20.0 Å². The fourth-order valence-electron chi connectivity index (χ4n) is 5.47. The molecular weight excluding hydrogens is 494 g/mol. The summed E-state index contributed by atoms with van der Waals surface area (Å²) in [6.45, 7) is 3.49. The van der Waals surface area contributed by atoms with Gasteiger partial charge >= 0.3 is 0 Å². The predicted octanol–water partition coefficient (Wildman–Crippen LogP) is 3.47. The van der Waals surface area contributed by atoms with Crippen LogP contribution in [-0.4, -0.2) is 57.5 Å². The van der Waals surface area contributed by atoms with E-state index in [1.54, 1.807) is 6.20 Å². The van der Waals surface area contributed by atoms with Crippen molar-refractivity contribution in [3.63, 3.8) is 0 Å². The van der Waals surface area contributed by atoms with Crippen LogP contribution in [0.2, 0.25) is 0 Å². The van der Waals surface area contributed by atoms with Crippen LogP contribution in [0, 0.1) is 17.6 Å². The minimum atomic E-state index is -0.853. The molecule has 202 valence electrons. The van der Waals surface area contributed by atoms with Gasteiger partial charge in [0.25, 0.3) is 5.91 Å². The molecule has 0 radical (unpaired) electrons. The number of halogens is 2. The van der Waals surface area contributed by atoms with Gasteiger partial charge in [-0.15, -0.1) is 0 Å². The van der Waals surface area contributed by atoms with Gasteiger partial charge in [0.05, 0.1) is 17.2 Å². The number of likely N-dealkylation sites (tertiary alicyclic amines) is 1. The first-order valence-corrected chi connectivity index (χ1v) is 13.2. The first-order valence-electron chi connectivity index (χ1n) is 13.2. The highest BCUT2D eigenvalue weighted by atomic mass is 19.1. The number of H-pyrrole nitrogens is 1. The maximum atomic E-state index is 13.7. The van der Waals surface area contributed by atoms with Gasteiger partial charge in [-0.2, -0.15) is 4.99 Å². The lowest BCUT2D eigenvalue weighted by Gasteiger charge is -2.28. The Morgan fingerprint density at radius 1 is 1.05 bits per heavy atom. The second kappa shape index (κ2) is 11.4. The summed E-state index contributed by atoms with van der Waals surface area (Å²) in [5.41, 5.74) is 6.96. The number of aromatic nitrogens is 3. The molecular formula is C27H32F2N6O3. The Balaban J connectivity index is 1.46. The van der Waals surface area contributed by atoms with Gasteiger partial charge in [0.1, 0.15) is 18.2 Å². The van der Waals surface area contributed by atoms with Crippen LogP contribution in [0.5, 0.6) is 5.88 Å². The fraction of sp³-hybridized carbons (Fsp3) is 0.481. The molecule has 11 heteroatoms. The van der Waals surface area contributed by atoms with E-state index in [2.05, 4.69) is 19.9 Å². The first kappa shape index (κ1) is 26.0. The summed E-state index contributed by atoms with van der Waals surface area (Å²) in [5, 5.41) is 0. The monoisotopic (exact) mass is 526 g/mol. The highest BCUT2D eigenvalue weighted by Gasteiger charge is 2.28. The molecule has 2 amide bonds. The summed E-state index contributed by atoms with van der Waals surface area (Å²) in [6, 6.07) is 4.35. The molecule has 0 spiro atoms. The number of nitrogens with zero attached hydrogens (tertiary/aromatic N) is 4. The van der Waals surface area contributed by atoms with Gasteiger partial charge in [0.15, 0.2) is 0 Å². The maximum absolute atomic E-state index is 13.7. The van der Waals surface area contributed by atoms with Crippen molar-refractivity contribution in [2.45, 2.75) is 51.0 Å². The normalized spacial score (nSPS) is 21.1. The topological polar surface area (TPSA) is 119 Å². The zero-order valence-corrected chi connectivity index (χ0v) is 21.2. The molecule has 3 N–H and O–H groups in total. The third-order valence-electron chi connectivity index (χ3n) is 7.48. The molecule has 9 nitrogen and oxygen atoms in total. The van der Waals surface area contributed by atoms with E-state index in [4.69, 9.17) is 10.5 Å². The summed E-state index contributed by atoms with van der Waals surface area (Å²) in [4.78, 5) is 38.7. The van der Waals surface area contributed by atoms with E-state index >= 15 is 0 Å². The van der Waals surface area contributed by atoms with Crippen LogP contribution in [0.15, 0.2) is 35.5 Å². The number of hydrogen-bond acceptors (Lipinski definition) is 5. The van der Waals surface area contributed by atoms with E-state index < -0.39 is 17.5 Å². The van der Waals surface area contributed by atoms with E-state index in [1.807, 2.05) is 10.6 Å². The van der Waals surface area contributed by atoms with Crippen molar-refractivity contribution in [1.82, 2.24) is 19.4 Å². The van der Waals surface area contributed by atoms with Gasteiger partial charge in [-0.3, -0.25) is 14.5 Å². The van der Waals surface area contributed by atoms with Crippen molar-refractivity contribution in [2.75, 3.05) is 26.2 Å². The summed E-state index contributed by atoms with van der Waals surface area (Å²) in [7, 11) is 0. The number of carbonyl (C=O) groups is 2. The van der Waals surface area contributed by atoms with Crippen LogP contribution in [-0.2, 0) is 4.79 Å². The number of rotatable bonds is 7. The summed E-state index contributed by atoms with van der Waals surface area (Å²) >= 11 is 0. The molecule has 2 fully saturated rings. The smallest absolute Gasteiger partial charge is 0.280 e. The number of pyridine rings is 1. The zero-order chi connectivity index (χ0) is 26.6. The lowest BCUT2D eigenvalue weighted by molar-refractivity contribution is -0.122. The molecule has 1 aromatic carbocycles. The molecule has 38 heavy (non-hydrogen) atoms. The Morgan fingerprint density at radius 2 is 1.76 bits per heavy atom. The van der Waals surface area contributed by atoms with Crippen LogP contribution in [0.1, 0.15) is 61.3 Å². The number of imidazole rings is 1. The highest BCUT2D eigenvalue weighted by molar-refractivity contribution is 5.95. The Kier molecular flexibility index (Phi) is 7.82. The van der Waals surface area contributed by atoms with E-state index in [-0.39, 0.29) is 29.0 Å². The standard InChI is InChI=1S/C27H32F2N6O3/c28-19-12-18(13-20(29)14-19)26(37)33-27-32-22-16-31-24(38-11-10-34-8-2-1-3-9-34)15-23(22)35(27)21-6-4-17(5-7-21)25(30)36/h12-17,21H,1-11H2,(H2,30,36)(H,32,33,37). The lowest BCUT2D eigenvalue weighted by atomic mass is 9.85. The average molecular weight is 527 g/mol. The third kappa shape index (κ3) is 5.93. The Morgan fingerprint density at radius 3 is 2.45 bits per heavy atom. The van der Waals surface area contributed by atoms with Crippen LogP contribution in [0.25, 0.3) is 11.0 Å². The number of primary amides is 1. The molecule has 0 bridgehead atoms. The van der Waals surface area contributed by atoms with Gasteiger partial charge in [-0.1, -0.05) is 6.42 Å². The number of ether oxygens (including phenoxy) is 1. The van der Waals surface area contributed by atoms with Crippen molar-refractivity contribution in [2.24, 2.45) is 16.6 Å². The van der Waals surface area contributed by atoms with Crippen molar-refractivity contribution in [3.05, 3.63) is 53.3 Å². The molecule has 1 aliphatic heterocycles. The van der Waals surface area contributed by atoms with Gasteiger partial charge in [0, 0.05) is 36.2 Å². The van der Waals surface area contributed by atoms with Crippen LogP contribution < -0.4 is 16.1 Å². The molecule has 2 aromatic heterocycles. The van der Waals surface area contributed by atoms with Crippen molar-refractivity contribution >= 4 is 22.8 Å². The van der Waals surface area contributed by atoms with Crippen molar-refractivity contribution in [1.29, 1.82) is 0 Å². The summed E-state index contributed by atoms with van der Waals surface area (Å²) < 4.78 is 35.3. The molecule has 3 heterocycles. The van der Waals surface area contributed by atoms with Crippen molar-refractivity contribution in [3.8, 4) is 5.88 Å². The fourth-order valence-corrected chi connectivity index (χ4v) is 5.47. The number of fused-ring (bicyclic) bond motifs is 1. The Bertz CT molecular complexity index is 1370. The number of nitrogens with one attached hydrogen (secondary N) is 1. The van der Waals surface area contributed by atoms with Crippen LogP contribution >= 0.6 is 0 Å². The number of carbonyl (C=O) groups excluding carboxylic acids is 2. The van der Waals surface area contributed by atoms with Crippen LogP contribution in [0.3, 0.4) is 0 Å². The molecule has 1 aliphatic carbocycles. The molecule has 3 aromatic rings. The summed E-state index contributed by atoms with van der Waals surface area (Å²) in [5.74, 6) is -2.53. The molecule has 1 saturated carbocycles. The van der Waals surface area contributed by atoms with E-state index in [0.717, 1.165) is 37.3 Å². The number of piperidine rings is 1. The van der Waals surface area contributed by atoms with Gasteiger partial charge in [-0.25, -0.2) is 13.8 Å². The van der Waals surface area contributed by atoms with E-state index in [9.17, 15) is 18.4 Å². The number of nitrogens with two attached hydrogens (primary N) is 1. The highest BCUT2D eigenvalue weighted by Crippen LogP contribution is 2.33. The SMILES string of the molecule is NC(=O)C1CCC(n2/c(=N/C(=O)c3cc(F)cc(F)c3)[nH]c3cnc(OCCN4CCCCC4)cc32)CC1. The molecule has 5 rings (SSSR count). The number of amides is 2. The number of aromatic amines is 1. The average Bonchev–Trinajstić information content (AvgIpc) is 3.25. The Labute approximate surface area is 218 Å². The minimum absolute atomic E-state index is 0.0706. The minimum Gasteiger partial charge on any atom is -0.476 e. The summed E-state index contributed by atoms with van der Waals surface area (Å²) in [6.07, 6.45) is 7.86. The largest absolute Gasteiger partial charge is 0.476 e. The quantitative estimate of drug-likeness (QED) is 0.489. The van der Waals surface area contributed by atoms with Crippen molar-refractivity contribution < 1.29 is 23.1 Å². The number of hydrogen-bond donors (Lipinski definition) is 2. The predicted molar refractivity (Wildman–Crippen MR) is 136 cm³/mol. The Hall–Kier alpha value is -3.60. The van der Waals surface area contributed by atoms with E-state index in [0.29, 0.717) is 49.8 Å². The molecule has 1 saturated heterocycles. The third-order valence-corrected chi connectivity index (χ3v) is 7.48. The van der Waals surface area contributed by atoms with Gasteiger partial charge in [-0.05, 0) is 63.7 Å². The lowest BCUT2D eigenvalue weighted by Crippen LogP contribution is -2.33. The van der Waals surface area contributed by atoms with Gasteiger partial charge in [0.2, 0.25) is 17.4 Å². The molecule has 0 unspecified atom stereocenters. The first-order chi connectivity index (χ1) is 18.4. The number of benzene rings is 1. The second-order valence-corrected chi connectivity index (χ2v) is 10.1. The van der Waals surface area contributed by atoms with Crippen LogP contribution in [0.4, 0.5) is 8.78 Å².